The third kappa shape index (κ3) is 5.56. The Balaban J connectivity index is 0.000000281. The van der Waals surface area contributed by atoms with Gasteiger partial charge in [0.15, 0.2) is 0 Å². The summed E-state index contributed by atoms with van der Waals surface area (Å²) in [6.07, 6.45) is 0. The summed E-state index contributed by atoms with van der Waals surface area (Å²) < 4.78 is 57.5. The molecule has 0 saturated carbocycles. The summed E-state index contributed by atoms with van der Waals surface area (Å²) in [5.74, 6) is 0.329. The molecule has 4 nitrogen and oxygen atoms in total. The van der Waals surface area contributed by atoms with E-state index in [1.807, 2.05) is 19.1 Å². The zero-order chi connectivity index (χ0) is 13.0. The number of aryl methyl sites for hydroxylation is 1. The molecule has 1 aromatic carbocycles. The molecule has 16 heavy (non-hydrogen) atoms. The van der Waals surface area contributed by atoms with Gasteiger partial charge in [0.2, 0.25) is 0 Å². The Morgan fingerprint density at radius 2 is 1.44 bits per heavy atom. The molecule has 1 rings (SSSR count). The first-order chi connectivity index (χ1) is 7.04. The van der Waals surface area contributed by atoms with Gasteiger partial charge in [0.1, 0.15) is 5.75 Å². The Hall–Kier alpha value is -1.28. The fraction of sp³-hybridized carbons (Fsp3) is 0.250. The van der Waals surface area contributed by atoms with Crippen LogP contribution in [0.2, 0.25) is 0 Å². The van der Waals surface area contributed by atoms with E-state index in [-0.39, 0.29) is 0 Å². The summed E-state index contributed by atoms with van der Waals surface area (Å²) in [7, 11) is -5.84. The van der Waals surface area contributed by atoms with Gasteiger partial charge in [-0.25, -0.2) is 0 Å². The second-order valence-corrected chi connectivity index (χ2v) is 4.17. The molecular weight excluding hydrogens is 249 g/mol. The smallest absolute Gasteiger partial charge is 0.508 e. The molecule has 2 N–H and O–H groups in total. The van der Waals surface area contributed by atoms with Crippen molar-refractivity contribution in [2.24, 2.45) is 0 Å². The average Bonchev–Trinajstić information content (AvgIpc) is 2.08. The van der Waals surface area contributed by atoms with Crippen LogP contribution < -0.4 is 0 Å². The van der Waals surface area contributed by atoms with Gasteiger partial charge in [0.25, 0.3) is 0 Å². The maximum absolute atomic E-state index is 10.7. The Bertz CT molecular complexity index is 401. The first-order valence-electron chi connectivity index (χ1n) is 3.83. The highest BCUT2D eigenvalue weighted by molar-refractivity contribution is 7.86. The number of halogens is 3. The highest BCUT2D eigenvalue weighted by Gasteiger charge is 2.44. The Kier molecular flexibility index (Phi) is 4.76. The minimum atomic E-state index is -5.84. The van der Waals surface area contributed by atoms with Crippen molar-refractivity contribution in [3.8, 4) is 5.75 Å². The maximum Gasteiger partial charge on any atom is 0.522 e. The topological polar surface area (TPSA) is 74.6 Å². The molecule has 0 aromatic heterocycles. The normalized spacial score (nSPS) is 11.6. The van der Waals surface area contributed by atoms with E-state index in [4.69, 9.17) is 18.1 Å². The van der Waals surface area contributed by atoms with Crippen molar-refractivity contribution in [3.05, 3.63) is 29.8 Å². The molecule has 0 spiro atoms. The van der Waals surface area contributed by atoms with Crippen LogP contribution >= 0.6 is 0 Å². The summed E-state index contributed by atoms with van der Waals surface area (Å²) in [5, 5.41) is 8.76. The molecule has 0 radical (unpaired) electrons. The van der Waals surface area contributed by atoms with Crippen LogP contribution in [-0.4, -0.2) is 23.6 Å². The zero-order valence-corrected chi connectivity index (χ0v) is 8.88. The highest BCUT2D eigenvalue weighted by atomic mass is 32.2. The second kappa shape index (κ2) is 5.17. The standard InChI is InChI=1S/C7H8O.CHF3O3S/c1-6-2-4-7(8)5-3-6;2-1(3,4)8(5,6)7/h2-5,8H,1H3;(H,5,6,7). The van der Waals surface area contributed by atoms with E-state index < -0.39 is 15.6 Å². The molecule has 92 valence electrons. The van der Waals surface area contributed by atoms with Gasteiger partial charge in [-0.2, -0.15) is 21.6 Å². The molecule has 0 aliphatic heterocycles. The van der Waals surface area contributed by atoms with Gasteiger partial charge >= 0.3 is 15.6 Å². The molecule has 1 aromatic rings. The fourth-order valence-corrected chi connectivity index (χ4v) is 0.545. The van der Waals surface area contributed by atoms with Gasteiger partial charge in [0, 0.05) is 0 Å². The van der Waals surface area contributed by atoms with Crippen molar-refractivity contribution < 1.29 is 31.2 Å². The molecule has 0 amide bonds. The van der Waals surface area contributed by atoms with E-state index in [1.54, 1.807) is 12.1 Å². The Labute approximate surface area is 90.1 Å². The number of benzene rings is 1. The summed E-state index contributed by atoms with van der Waals surface area (Å²) in [6.45, 7) is 1.99. The minimum Gasteiger partial charge on any atom is -0.508 e. The lowest BCUT2D eigenvalue weighted by Gasteiger charge is -1.97. The van der Waals surface area contributed by atoms with Gasteiger partial charge < -0.3 is 5.11 Å². The predicted octanol–water partition coefficient (Wildman–Crippen LogP) is 2.09. The number of phenols is 1. The Morgan fingerprint density at radius 3 is 1.62 bits per heavy atom. The molecule has 0 saturated heterocycles. The van der Waals surface area contributed by atoms with Gasteiger partial charge in [-0.1, -0.05) is 17.7 Å². The number of aromatic hydroxyl groups is 1. The highest BCUT2D eigenvalue weighted by Crippen LogP contribution is 2.20. The predicted molar refractivity (Wildman–Crippen MR) is 50.4 cm³/mol. The van der Waals surface area contributed by atoms with Crippen LogP contribution in [0.4, 0.5) is 13.2 Å². The van der Waals surface area contributed by atoms with Crippen molar-refractivity contribution in [1.82, 2.24) is 0 Å². The SMILES string of the molecule is Cc1ccc(O)cc1.O=S(=O)(O)C(F)(F)F. The number of phenolic OH excluding ortho intramolecular Hbond substituents is 1. The van der Waals surface area contributed by atoms with Gasteiger partial charge in [-0.3, -0.25) is 4.55 Å². The van der Waals surface area contributed by atoms with E-state index in [0.717, 1.165) is 0 Å². The summed E-state index contributed by atoms with van der Waals surface area (Å²) in [4.78, 5) is 0. The molecule has 0 aliphatic carbocycles. The molecule has 0 unspecified atom stereocenters. The lowest BCUT2D eigenvalue weighted by Crippen LogP contribution is -2.21. The van der Waals surface area contributed by atoms with Gasteiger partial charge in [-0.05, 0) is 19.1 Å². The van der Waals surface area contributed by atoms with E-state index in [0.29, 0.717) is 5.75 Å². The molecule has 0 heterocycles. The number of rotatable bonds is 0. The molecule has 0 fully saturated rings. The molecule has 0 aliphatic rings. The van der Waals surface area contributed by atoms with Crippen LogP contribution in [0.5, 0.6) is 5.75 Å². The number of hydrogen-bond donors (Lipinski definition) is 2. The van der Waals surface area contributed by atoms with E-state index >= 15 is 0 Å². The van der Waals surface area contributed by atoms with Gasteiger partial charge in [0.05, 0.1) is 0 Å². The number of hydrogen-bond acceptors (Lipinski definition) is 3. The molecule has 0 atom stereocenters. The summed E-state index contributed by atoms with van der Waals surface area (Å²) >= 11 is 0. The molecule has 0 bridgehead atoms. The van der Waals surface area contributed by atoms with Crippen LogP contribution in [0.15, 0.2) is 24.3 Å². The monoisotopic (exact) mass is 258 g/mol. The lowest BCUT2D eigenvalue weighted by molar-refractivity contribution is -0.0510. The number of alkyl halides is 3. The summed E-state index contributed by atoms with van der Waals surface area (Å²) in [6, 6.07) is 7.09. The van der Waals surface area contributed by atoms with E-state index in [2.05, 4.69) is 0 Å². The molecular formula is C8H9F3O4S. The van der Waals surface area contributed by atoms with E-state index in [9.17, 15) is 13.2 Å². The van der Waals surface area contributed by atoms with Crippen molar-refractivity contribution in [2.75, 3.05) is 0 Å². The quantitative estimate of drug-likeness (QED) is 0.552. The van der Waals surface area contributed by atoms with Crippen molar-refractivity contribution in [1.29, 1.82) is 0 Å². The third-order valence-electron chi connectivity index (χ3n) is 1.33. The van der Waals surface area contributed by atoms with Crippen LogP contribution in [0.25, 0.3) is 0 Å². The minimum absolute atomic E-state index is 0.329. The third-order valence-corrected chi connectivity index (χ3v) is 1.91. The van der Waals surface area contributed by atoms with Crippen molar-refractivity contribution >= 4 is 10.1 Å². The first-order valence-corrected chi connectivity index (χ1v) is 5.27. The largest absolute Gasteiger partial charge is 0.522 e. The van der Waals surface area contributed by atoms with Crippen LogP contribution in [0.3, 0.4) is 0 Å². The first kappa shape index (κ1) is 14.7. The fourth-order valence-electron chi connectivity index (χ4n) is 0.545. The maximum atomic E-state index is 10.7. The molecule has 8 heteroatoms. The van der Waals surface area contributed by atoms with Crippen LogP contribution in [0, 0.1) is 6.92 Å². The van der Waals surface area contributed by atoms with Gasteiger partial charge in [-0.15, -0.1) is 0 Å². The van der Waals surface area contributed by atoms with E-state index in [1.165, 1.54) is 5.56 Å². The van der Waals surface area contributed by atoms with Crippen molar-refractivity contribution in [2.45, 2.75) is 12.4 Å². The summed E-state index contributed by atoms with van der Waals surface area (Å²) in [5.41, 5.74) is -4.37. The second-order valence-electron chi connectivity index (χ2n) is 2.76. The van der Waals surface area contributed by atoms with Crippen molar-refractivity contribution in [3.63, 3.8) is 0 Å². The Morgan fingerprint density at radius 1 is 1.12 bits per heavy atom. The van der Waals surface area contributed by atoms with Crippen LogP contribution in [-0.2, 0) is 10.1 Å². The zero-order valence-electron chi connectivity index (χ0n) is 8.06. The lowest BCUT2D eigenvalue weighted by atomic mass is 10.2. The van der Waals surface area contributed by atoms with Crippen LogP contribution in [0.1, 0.15) is 5.56 Å². The average molecular weight is 258 g/mol.